The Hall–Kier alpha value is -0.430. The van der Waals surface area contributed by atoms with Crippen molar-refractivity contribution in [3.8, 4) is 0 Å². The second-order valence-electron chi connectivity index (χ2n) is 1.80. The van der Waals surface area contributed by atoms with Gasteiger partial charge in [0.1, 0.15) is 0 Å². The van der Waals surface area contributed by atoms with Crippen molar-refractivity contribution < 1.29 is 0 Å². The lowest BCUT2D eigenvalue weighted by molar-refractivity contribution is 1.25. The van der Waals surface area contributed by atoms with Gasteiger partial charge in [0.2, 0.25) is 0 Å². The molecule has 0 amide bonds. The molecule has 1 aliphatic heterocycles. The third-order valence-electron chi connectivity index (χ3n) is 1.05. The van der Waals surface area contributed by atoms with Crippen LogP contribution in [0.3, 0.4) is 0 Å². The summed E-state index contributed by atoms with van der Waals surface area (Å²) in [6.45, 7) is 0. The topological polar surface area (TPSA) is 0 Å². The third-order valence-corrected chi connectivity index (χ3v) is 1.87. The molecule has 0 aliphatic carbocycles. The minimum absolute atomic E-state index is 1.18. The fourth-order valence-electron chi connectivity index (χ4n) is 0.608. The van der Waals surface area contributed by atoms with Gasteiger partial charge in [0, 0.05) is 5.75 Å². The van der Waals surface area contributed by atoms with Gasteiger partial charge < -0.3 is 0 Å². The number of thioether (sulfide) groups is 1. The minimum Gasteiger partial charge on any atom is -0.134 e. The maximum atomic E-state index is 2.19. The van der Waals surface area contributed by atoms with Crippen LogP contribution in [0.5, 0.6) is 0 Å². The van der Waals surface area contributed by atoms with Gasteiger partial charge in [-0.05, 0) is 11.8 Å². The van der Waals surface area contributed by atoms with Gasteiger partial charge in [-0.1, -0.05) is 30.4 Å². The van der Waals surface area contributed by atoms with Crippen LogP contribution in [0.25, 0.3) is 0 Å². The Bertz CT molecular complexity index is 127. The monoisotopic (exact) mass is 138 g/mol. The molecule has 0 aromatic carbocycles. The summed E-state index contributed by atoms with van der Waals surface area (Å²) in [4.78, 5) is 0. The van der Waals surface area contributed by atoms with Crippen LogP contribution in [0, 0.1) is 0 Å². The number of rotatable bonds is 0. The summed E-state index contributed by atoms with van der Waals surface area (Å²) in [6.07, 6.45) is 11.6. The first kappa shape index (κ1) is 6.69. The van der Waals surface area contributed by atoms with E-state index in [0.29, 0.717) is 0 Å². The summed E-state index contributed by atoms with van der Waals surface area (Å²) >= 11 is 1.86. The average molecular weight is 138 g/mol. The number of allylic oxidation sites excluding steroid dienone is 5. The molecule has 0 nitrogen and oxygen atoms in total. The molecular formula is C8H10S. The van der Waals surface area contributed by atoms with E-state index in [1.165, 1.54) is 12.2 Å². The molecule has 1 rings (SSSR count). The minimum atomic E-state index is 1.18. The predicted octanol–water partition coefficient (Wildman–Crippen LogP) is 2.75. The zero-order chi connectivity index (χ0) is 6.36. The molecule has 0 atom stereocenters. The van der Waals surface area contributed by atoms with Gasteiger partial charge in [-0.2, -0.15) is 0 Å². The van der Waals surface area contributed by atoms with E-state index in [4.69, 9.17) is 0 Å². The molecule has 0 aromatic heterocycles. The van der Waals surface area contributed by atoms with Crippen LogP contribution < -0.4 is 0 Å². The average Bonchev–Trinajstić information content (AvgIpc) is 2.00. The van der Waals surface area contributed by atoms with Crippen molar-refractivity contribution in [2.45, 2.75) is 6.42 Å². The standard InChI is InChI=1S/C8H10S/c1-2-4-6-8-9-7-5-3-1/h1-5,7H,6,8H2. The van der Waals surface area contributed by atoms with E-state index in [1.807, 2.05) is 11.8 Å². The summed E-state index contributed by atoms with van der Waals surface area (Å²) < 4.78 is 0. The second kappa shape index (κ2) is 4.45. The molecule has 0 saturated heterocycles. The second-order valence-corrected chi connectivity index (χ2v) is 2.81. The summed E-state index contributed by atoms with van der Waals surface area (Å²) in [6, 6.07) is 0. The smallest absolute Gasteiger partial charge is 0.000876 e. The SMILES string of the molecule is C1=CC=CSCCC=C1. The highest BCUT2D eigenvalue weighted by Gasteiger charge is 1.79. The molecule has 0 bridgehead atoms. The largest absolute Gasteiger partial charge is 0.134 e. The quantitative estimate of drug-likeness (QED) is 0.496. The van der Waals surface area contributed by atoms with Gasteiger partial charge >= 0.3 is 0 Å². The first-order valence-electron chi connectivity index (χ1n) is 3.10. The lowest BCUT2D eigenvalue weighted by Gasteiger charge is -1.85. The van der Waals surface area contributed by atoms with Crippen LogP contribution in [0.15, 0.2) is 35.8 Å². The maximum Gasteiger partial charge on any atom is 0.000876 e. The lowest BCUT2D eigenvalue weighted by Crippen LogP contribution is -1.68. The summed E-state index contributed by atoms with van der Waals surface area (Å²) in [5, 5.41) is 2.13. The molecule has 0 unspecified atom stereocenters. The zero-order valence-electron chi connectivity index (χ0n) is 5.29. The molecule has 1 heteroatoms. The van der Waals surface area contributed by atoms with Gasteiger partial charge in [0.15, 0.2) is 0 Å². The normalized spacial score (nSPS) is 18.7. The summed E-state index contributed by atoms with van der Waals surface area (Å²) in [5.41, 5.74) is 0. The Balaban J connectivity index is 2.45. The van der Waals surface area contributed by atoms with Gasteiger partial charge in [-0.25, -0.2) is 0 Å². The van der Waals surface area contributed by atoms with Crippen molar-refractivity contribution in [1.82, 2.24) is 0 Å². The van der Waals surface area contributed by atoms with E-state index >= 15 is 0 Å². The van der Waals surface area contributed by atoms with Crippen molar-refractivity contribution in [2.24, 2.45) is 0 Å². The van der Waals surface area contributed by atoms with Gasteiger partial charge in [0.25, 0.3) is 0 Å². The molecule has 1 heterocycles. The van der Waals surface area contributed by atoms with Crippen molar-refractivity contribution >= 4 is 11.8 Å². The van der Waals surface area contributed by atoms with Crippen molar-refractivity contribution in [2.75, 3.05) is 5.75 Å². The van der Waals surface area contributed by atoms with E-state index in [-0.39, 0.29) is 0 Å². The van der Waals surface area contributed by atoms with Crippen LogP contribution in [-0.2, 0) is 0 Å². The first-order valence-corrected chi connectivity index (χ1v) is 4.15. The van der Waals surface area contributed by atoms with Crippen LogP contribution >= 0.6 is 11.8 Å². The Labute approximate surface area is 60.3 Å². The van der Waals surface area contributed by atoms with Crippen LogP contribution in [0.4, 0.5) is 0 Å². The van der Waals surface area contributed by atoms with Gasteiger partial charge in [-0.15, -0.1) is 11.8 Å². The Morgan fingerprint density at radius 1 is 1.00 bits per heavy atom. The Morgan fingerprint density at radius 2 is 1.89 bits per heavy atom. The maximum absolute atomic E-state index is 2.19. The highest BCUT2D eigenvalue weighted by molar-refractivity contribution is 8.02. The van der Waals surface area contributed by atoms with Crippen molar-refractivity contribution in [3.63, 3.8) is 0 Å². The van der Waals surface area contributed by atoms with Gasteiger partial charge in [0.05, 0.1) is 0 Å². The molecule has 0 radical (unpaired) electrons. The van der Waals surface area contributed by atoms with Gasteiger partial charge in [-0.3, -0.25) is 0 Å². The molecule has 48 valence electrons. The first-order chi connectivity index (χ1) is 4.50. The van der Waals surface area contributed by atoms with Crippen molar-refractivity contribution in [3.05, 3.63) is 35.8 Å². The van der Waals surface area contributed by atoms with Crippen LogP contribution in [0.1, 0.15) is 6.42 Å². The van der Waals surface area contributed by atoms with E-state index in [9.17, 15) is 0 Å². The van der Waals surface area contributed by atoms with Crippen LogP contribution in [0.2, 0.25) is 0 Å². The summed E-state index contributed by atoms with van der Waals surface area (Å²) in [5.74, 6) is 1.20. The molecule has 9 heavy (non-hydrogen) atoms. The lowest BCUT2D eigenvalue weighted by atomic mass is 10.4. The van der Waals surface area contributed by atoms with E-state index in [2.05, 4.69) is 35.8 Å². The predicted molar refractivity (Wildman–Crippen MR) is 44.5 cm³/mol. The van der Waals surface area contributed by atoms with Crippen LogP contribution in [-0.4, -0.2) is 5.75 Å². The molecule has 0 N–H and O–H groups in total. The summed E-state index contributed by atoms with van der Waals surface area (Å²) in [7, 11) is 0. The Morgan fingerprint density at radius 3 is 2.89 bits per heavy atom. The molecule has 0 aromatic rings. The third kappa shape index (κ3) is 3.20. The molecular weight excluding hydrogens is 128 g/mol. The number of hydrogen-bond donors (Lipinski definition) is 0. The molecule has 0 saturated carbocycles. The van der Waals surface area contributed by atoms with E-state index in [0.717, 1.165) is 0 Å². The highest BCUT2D eigenvalue weighted by Crippen LogP contribution is 2.06. The fourth-order valence-corrected chi connectivity index (χ4v) is 1.22. The highest BCUT2D eigenvalue weighted by atomic mass is 32.2. The fraction of sp³-hybridized carbons (Fsp3) is 0.250. The van der Waals surface area contributed by atoms with Crippen molar-refractivity contribution in [1.29, 1.82) is 0 Å². The molecule has 0 fully saturated rings. The van der Waals surface area contributed by atoms with E-state index in [1.54, 1.807) is 0 Å². The zero-order valence-corrected chi connectivity index (χ0v) is 6.10. The Kier molecular flexibility index (Phi) is 3.31. The molecule has 0 spiro atoms. The molecule has 1 aliphatic rings. The number of hydrogen-bond acceptors (Lipinski definition) is 1. The van der Waals surface area contributed by atoms with E-state index < -0.39 is 0 Å².